The van der Waals surface area contributed by atoms with E-state index in [1.165, 1.54) is 12.1 Å². The minimum absolute atomic E-state index is 0.135. The molecule has 2 aromatic heterocycles. The van der Waals surface area contributed by atoms with Crippen molar-refractivity contribution in [1.82, 2.24) is 19.6 Å². The molecule has 24 heavy (non-hydrogen) atoms. The van der Waals surface area contributed by atoms with Gasteiger partial charge < -0.3 is 5.32 Å². The molecule has 1 N–H and O–H groups in total. The van der Waals surface area contributed by atoms with E-state index in [0.717, 1.165) is 17.0 Å². The van der Waals surface area contributed by atoms with E-state index in [1.54, 1.807) is 27.7 Å². The fraction of sp³-hybridized carbons (Fsp3) is 0.235. The van der Waals surface area contributed by atoms with Crippen LogP contribution in [-0.2, 0) is 17.9 Å². The normalized spacial score (nSPS) is 10.8. The molecule has 0 unspecified atom stereocenters. The number of carbonyl (C=O) groups is 1. The van der Waals surface area contributed by atoms with E-state index in [9.17, 15) is 9.18 Å². The Hall–Kier alpha value is -2.96. The summed E-state index contributed by atoms with van der Waals surface area (Å²) in [5.74, 6) is -0.0202. The fourth-order valence-corrected chi connectivity index (χ4v) is 2.49. The standard InChI is InChI=1S/C17H18FN5O/c1-12-8-13(2)23(20-12)11-17(24)19-16-6-7-22(21-16)10-14-4-3-5-15(18)9-14/h3-9H,10-11H2,1-2H3,(H,19,21,24). The molecule has 0 fully saturated rings. The molecule has 124 valence electrons. The zero-order valence-corrected chi connectivity index (χ0v) is 13.5. The lowest BCUT2D eigenvalue weighted by Gasteiger charge is -2.05. The maximum absolute atomic E-state index is 13.2. The molecule has 0 aliphatic carbocycles. The van der Waals surface area contributed by atoms with Crippen LogP contribution in [0.15, 0.2) is 42.6 Å². The Bertz CT molecular complexity index is 868. The van der Waals surface area contributed by atoms with Crippen molar-refractivity contribution in [3.8, 4) is 0 Å². The number of hydrogen-bond acceptors (Lipinski definition) is 3. The first kappa shape index (κ1) is 15.9. The van der Waals surface area contributed by atoms with Gasteiger partial charge in [0, 0.05) is 18.0 Å². The average Bonchev–Trinajstić information content (AvgIpc) is 3.05. The third-order valence-electron chi connectivity index (χ3n) is 3.54. The number of nitrogens with one attached hydrogen (secondary N) is 1. The van der Waals surface area contributed by atoms with Gasteiger partial charge in [-0.3, -0.25) is 14.2 Å². The Morgan fingerprint density at radius 1 is 1.21 bits per heavy atom. The number of benzene rings is 1. The molecule has 0 spiro atoms. The topological polar surface area (TPSA) is 64.7 Å². The Kier molecular flexibility index (Phi) is 4.41. The summed E-state index contributed by atoms with van der Waals surface area (Å²) in [6, 6.07) is 9.97. The van der Waals surface area contributed by atoms with Gasteiger partial charge in [-0.2, -0.15) is 10.2 Å². The minimum Gasteiger partial charge on any atom is -0.308 e. The van der Waals surface area contributed by atoms with Crippen LogP contribution in [-0.4, -0.2) is 25.5 Å². The Morgan fingerprint density at radius 2 is 2.04 bits per heavy atom. The van der Waals surface area contributed by atoms with Crippen LogP contribution in [0, 0.1) is 19.7 Å². The zero-order chi connectivity index (χ0) is 17.1. The molecule has 0 atom stereocenters. The minimum atomic E-state index is -0.280. The molecule has 1 amide bonds. The second kappa shape index (κ2) is 6.66. The van der Waals surface area contributed by atoms with Crippen molar-refractivity contribution in [3.63, 3.8) is 0 Å². The van der Waals surface area contributed by atoms with Gasteiger partial charge in [0.15, 0.2) is 5.82 Å². The van der Waals surface area contributed by atoms with Gasteiger partial charge >= 0.3 is 0 Å². The number of aromatic nitrogens is 4. The molecule has 0 saturated carbocycles. The van der Waals surface area contributed by atoms with Gasteiger partial charge in [0.1, 0.15) is 12.4 Å². The first-order valence-corrected chi connectivity index (χ1v) is 7.58. The van der Waals surface area contributed by atoms with E-state index in [1.807, 2.05) is 26.0 Å². The van der Waals surface area contributed by atoms with Crippen LogP contribution in [0.3, 0.4) is 0 Å². The van der Waals surface area contributed by atoms with E-state index < -0.39 is 0 Å². The fourth-order valence-electron chi connectivity index (χ4n) is 2.49. The number of amides is 1. The summed E-state index contributed by atoms with van der Waals surface area (Å²) in [6.45, 7) is 4.36. The molecular formula is C17H18FN5O. The van der Waals surface area contributed by atoms with Gasteiger partial charge in [-0.25, -0.2) is 4.39 Å². The number of anilines is 1. The van der Waals surface area contributed by atoms with E-state index in [-0.39, 0.29) is 18.3 Å². The summed E-state index contributed by atoms with van der Waals surface area (Å²) in [7, 11) is 0. The van der Waals surface area contributed by atoms with Crippen molar-refractivity contribution < 1.29 is 9.18 Å². The lowest BCUT2D eigenvalue weighted by atomic mass is 10.2. The van der Waals surface area contributed by atoms with Crippen molar-refractivity contribution in [2.45, 2.75) is 26.9 Å². The van der Waals surface area contributed by atoms with E-state index in [0.29, 0.717) is 12.4 Å². The summed E-state index contributed by atoms with van der Waals surface area (Å²) in [5, 5.41) is 11.3. The first-order valence-electron chi connectivity index (χ1n) is 7.58. The largest absolute Gasteiger partial charge is 0.308 e. The van der Waals surface area contributed by atoms with Crippen LogP contribution in [0.25, 0.3) is 0 Å². The molecule has 0 aliphatic rings. The van der Waals surface area contributed by atoms with Crippen molar-refractivity contribution in [2.24, 2.45) is 0 Å². The molecule has 3 aromatic rings. The number of nitrogens with zero attached hydrogens (tertiary/aromatic N) is 4. The van der Waals surface area contributed by atoms with Crippen molar-refractivity contribution >= 4 is 11.7 Å². The monoisotopic (exact) mass is 327 g/mol. The summed E-state index contributed by atoms with van der Waals surface area (Å²) < 4.78 is 16.5. The molecule has 1 aromatic carbocycles. The smallest absolute Gasteiger partial charge is 0.247 e. The van der Waals surface area contributed by atoms with Gasteiger partial charge in [-0.05, 0) is 37.6 Å². The molecule has 3 rings (SSSR count). The number of carbonyl (C=O) groups excluding carboxylic acids is 1. The lowest BCUT2D eigenvalue weighted by Crippen LogP contribution is -2.20. The van der Waals surface area contributed by atoms with Gasteiger partial charge in [0.05, 0.1) is 12.2 Å². The number of rotatable bonds is 5. The highest BCUT2D eigenvalue weighted by Crippen LogP contribution is 2.09. The average molecular weight is 327 g/mol. The van der Waals surface area contributed by atoms with Crippen molar-refractivity contribution in [2.75, 3.05) is 5.32 Å². The third kappa shape index (κ3) is 3.87. The SMILES string of the molecule is Cc1cc(C)n(CC(=O)Nc2ccn(Cc3cccc(F)c3)n2)n1. The number of halogens is 1. The van der Waals surface area contributed by atoms with E-state index in [4.69, 9.17) is 0 Å². The summed E-state index contributed by atoms with van der Waals surface area (Å²) in [5.41, 5.74) is 2.61. The highest BCUT2D eigenvalue weighted by Gasteiger charge is 2.09. The van der Waals surface area contributed by atoms with Crippen molar-refractivity contribution in [1.29, 1.82) is 0 Å². The molecule has 2 heterocycles. The third-order valence-corrected chi connectivity index (χ3v) is 3.54. The molecule has 0 saturated heterocycles. The first-order chi connectivity index (χ1) is 11.5. The Balaban J connectivity index is 1.61. The molecular weight excluding hydrogens is 309 g/mol. The van der Waals surface area contributed by atoms with E-state index >= 15 is 0 Å². The van der Waals surface area contributed by atoms with Gasteiger partial charge in [0.25, 0.3) is 0 Å². The molecule has 6 nitrogen and oxygen atoms in total. The van der Waals surface area contributed by atoms with E-state index in [2.05, 4.69) is 15.5 Å². The predicted molar refractivity (Wildman–Crippen MR) is 88.1 cm³/mol. The second-order valence-corrected chi connectivity index (χ2v) is 5.66. The van der Waals surface area contributed by atoms with Crippen LogP contribution < -0.4 is 5.32 Å². The van der Waals surface area contributed by atoms with Gasteiger partial charge in [-0.1, -0.05) is 12.1 Å². The Labute approximate surface area is 138 Å². The number of aryl methyl sites for hydroxylation is 2. The van der Waals surface area contributed by atoms with Crippen LogP contribution in [0.2, 0.25) is 0 Å². The Morgan fingerprint density at radius 3 is 2.75 bits per heavy atom. The van der Waals surface area contributed by atoms with Crippen molar-refractivity contribution in [3.05, 3.63) is 65.4 Å². The highest BCUT2D eigenvalue weighted by atomic mass is 19.1. The molecule has 0 aliphatic heterocycles. The predicted octanol–water partition coefficient (Wildman–Crippen LogP) is 2.52. The zero-order valence-electron chi connectivity index (χ0n) is 13.5. The van der Waals surface area contributed by atoms with Gasteiger partial charge in [0.2, 0.25) is 5.91 Å². The second-order valence-electron chi connectivity index (χ2n) is 5.66. The summed E-state index contributed by atoms with van der Waals surface area (Å²) >= 11 is 0. The molecule has 7 heteroatoms. The maximum atomic E-state index is 13.2. The summed E-state index contributed by atoms with van der Waals surface area (Å²) in [6.07, 6.45) is 1.74. The van der Waals surface area contributed by atoms with Crippen LogP contribution in [0.5, 0.6) is 0 Å². The molecule has 0 radical (unpaired) electrons. The quantitative estimate of drug-likeness (QED) is 0.783. The van der Waals surface area contributed by atoms with Crippen LogP contribution >= 0.6 is 0 Å². The molecule has 0 bridgehead atoms. The highest BCUT2D eigenvalue weighted by molar-refractivity contribution is 5.89. The van der Waals surface area contributed by atoms with Crippen LogP contribution in [0.1, 0.15) is 17.0 Å². The number of hydrogen-bond donors (Lipinski definition) is 1. The lowest BCUT2D eigenvalue weighted by molar-refractivity contribution is -0.117. The van der Waals surface area contributed by atoms with Crippen LogP contribution in [0.4, 0.5) is 10.2 Å². The maximum Gasteiger partial charge on any atom is 0.247 e. The van der Waals surface area contributed by atoms with Gasteiger partial charge in [-0.15, -0.1) is 0 Å². The summed E-state index contributed by atoms with van der Waals surface area (Å²) in [4.78, 5) is 12.1.